The van der Waals surface area contributed by atoms with Gasteiger partial charge in [-0.2, -0.15) is 0 Å². The van der Waals surface area contributed by atoms with Crippen molar-refractivity contribution < 1.29 is 19.1 Å². The number of rotatable bonds is 5. The van der Waals surface area contributed by atoms with Crippen LogP contribution in [0.15, 0.2) is 36.4 Å². The van der Waals surface area contributed by atoms with Crippen LogP contribution in [0.5, 0.6) is 0 Å². The minimum Gasteiger partial charge on any atom is -0.481 e. The van der Waals surface area contributed by atoms with Gasteiger partial charge in [-0.3, -0.25) is 9.59 Å². The number of carboxylic acids is 1. The van der Waals surface area contributed by atoms with Gasteiger partial charge in [0.25, 0.3) is 5.91 Å². The molecule has 0 spiro atoms. The molecule has 2 rings (SSSR count). The van der Waals surface area contributed by atoms with Crippen LogP contribution in [-0.4, -0.2) is 35.0 Å². The second-order valence-corrected chi connectivity index (χ2v) is 4.67. The maximum absolute atomic E-state index is 13.8. The van der Waals surface area contributed by atoms with Crippen LogP contribution in [-0.2, 0) is 4.79 Å². The minimum atomic E-state index is -0.954. The third-order valence-electron chi connectivity index (χ3n) is 3.37. The van der Waals surface area contributed by atoms with E-state index in [1.165, 1.54) is 17.0 Å². The summed E-state index contributed by atoms with van der Waals surface area (Å²) in [4.78, 5) is 24.6. The van der Waals surface area contributed by atoms with E-state index in [4.69, 9.17) is 5.11 Å². The molecule has 0 radical (unpaired) electrons. The largest absolute Gasteiger partial charge is 0.481 e. The van der Waals surface area contributed by atoms with Gasteiger partial charge in [0.05, 0.1) is 6.42 Å². The van der Waals surface area contributed by atoms with E-state index in [2.05, 4.69) is 0 Å². The third-order valence-corrected chi connectivity index (χ3v) is 3.37. The molecule has 0 aliphatic carbocycles. The third kappa shape index (κ3) is 3.18. The number of carbonyl (C=O) groups is 2. The molecule has 0 aliphatic heterocycles. The highest BCUT2D eigenvalue weighted by molar-refractivity contribution is 6.07. The molecule has 0 saturated carbocycles. The maximum Gasteiger partial charge on any atom is 0.305 e. The molecule has 0 heterocycles. The Balaban J connectivity index is 2.38. The number of aliphatic carboxylic acids is 1. The van der Waals surface area contributed by atoms with Gasteiger partial charge in [0.1, 0.15) is 5.82 Å². The van der Waals surface area contributed by atoms with Crippen molar-refractivity contribution in [3.8, 4) is 0 Å². The molecule has 0 atom stereocenters. The zero-order valence-corrected chi connectivity index (χ0v) is 11.7. The molecular formula is C16H16FNO3. The van der Waals surface area contributed by atoms with Crippen molar-refractivity contribution in [2.45, 2.75) is 13.3 Å². The molecule has 1 N–H and O–H groups in total. The highest BCUT2D eigenvalue weighted by atomic mass is 19.1. The number of hydrogen-bond acceptors (Lipinski definition) is 2. The Morgan fingerprint density at radius 1 is 1.14 bits per heavy atom. The number of halogens is 1. The van der Waals surface area contributed by atoms with Gasteiger partial charge >= 0.3 is 5.97 Å². The van der Waals surface area contributed by atoms with E-state index < -0.39 is 5.97 Å². The summed E-state index contributed by atoms with van der Waals surface area (Å²) in [5, 5.41) is 9.66. The van der Waals surface area contributed by atoms with Gasteiger partial charge in [-0.1, -0.05) is 24.3 Å². The number of amides is 1. The zero-order valence-electron chi connectivity index (χ0n) is 11.7. The topological polar surface area (TPSA) is 57.6 Å². The number of fused-ring (bicyclic) bond motifs is 1. The zero-order chi connectivity index (χ0) is 15.4. The first-order valence-electron chi connectivity index (χ1n) is 6.73. The molecule has 1 amide bonds. The van der Waals surface area contributed by atoms with Crippen LogP contribution in [0.25, 0.3) is 10.8 Å². The summed E-state index contributed by atoms with van der Waals surface area (Å²) >= 11 is 0. The van der Waals surface area contributed by atoms with Gasteiger partial charge in [0.15, 0.2) is 0 Å². The molecule has 0 fully saturated rings. The van der Waals surface area contributed by atoms with Gasteiger partial charge in [0, 0.05) is 24.0 Å². The molecule has 0 unspecified atom stereocenters. The van der Waals surface area contributed by atoms with Crippen LogP contribution in [0.3, 0.4) is 0 Å². The number of hydrogen-bond donors (Lipinski definition) is 1. The molecule has 4 nitrogen and oxygen atoms in total. The first-order valence-corrected chi connectivity index (χ1v) is 6.73. The summed E-state index contributed by atoms with van der Waals surface area (Å²) in [6, 6.07) is 9.48. The lowest BCUT2D eigenvalue weighted by atomic mass is 10.0. The van der Waals surface area contributed by atoms with E-state index in [9.17, 15) is 14.0 Å². The average molecular weight is 289 g/mol. The molecule has 0 aromatic heterocycles. The monoisotopic (exact) mass is 289 g/mol. The predicted octanol–water partition coefficient (Wildman–Crippen LogP) is 2.92. The fourth-order valence-corrected chi connectivity index (χ4v) is 2.25. The van der Waals surface area contributed by atoms with Crippen molar-refractivity contribution in [2.75, 3.05) is 13.1 Å². The summed E-state index contributed by atoms with van der Waals surface area (Å²) in [6.45, 7) is 2.32. The fourth-order valence-electron chi connectivity index (χ4n) is 2.25. The Hall–Kier alpha value is -2.43. The molecule has 2 aromatic rings. The van der Waals surface area contributed by atoms with Gasteiger partial charge < -0.3 is 10.0 Å². The summed E-state index contributed by atoms with van der Waals surface area (Å²) in [5.74, 6) is -1.61. The van der Waals surface area contributed by atoms with Crippen molar-refractivity contribution in [1.82, 2.24) is 4.90 Å². The normalized spacial score (nSPS) is 10.6. The lowest BCUT2D eigenvalue weighted by Crippen LogP contribution is -2.33. The van der Waals surface area contributed by atoms with E-state index in [1.54, 1.807) is 31.2 Å². The van der Waals surface area contributed by atoms with Crippen molar-refractivity contribution in [3.05, 3.63) is 47.8 Å². The Morgan fingerprint density at radius 3 is 2.43 bits per heavy atom. The molecule has 0 aliphatic rings. The molecule has 0 bridgehead atoms. The van der Waals surface area contributed by atoms with E-state index in [0.717, 1.165) is 0 Å². The molecule has 5 heteroatoms. The molecule has 0 saturated heterocycles. The van der Waals surface area contributed by atoms with Crippen LogP contribution in [0.4, 0.5) is 4.39 Å². The lowest BCUT2D eigenvalue weighted by Gasteiger charge is -2.21. The summed E-state index contributed by atoms with van der Waals surface area (Å²) in [6.07, 6.45) is -0.112. The van der Waals surface area contributed by atoms with Crippen LogP contribution in [0, 0.1) is 5.82 Å². The van der Waals surface area contributed by atoms with E-state index in [0.29, 0.717) is 22.9 Å². The summed E-state index contributed by atoms with van der Waals surface area (Å²) in [5.41, 5.74) is 0.388. The van der Waals surface area contributed by atoms with Gasteiger partial charge in [-0.05, 0) is 24.4 Å². The Kier molecular flexibility index (Phi) is 4.52. The van der Waals surface area contributed by atoms with Crippen molar-refractivity contribution in [1.29, 1.82) is 0 Å². The van der Waals surface area contributed by atoms with Crippen molar-refractivity contribution in [2.24, 2.45) is 0 Å². The van der Waals surface area contributed by atoms with Crippen LogP contribution in [0.1, 0.15) is 23.7 Å². The van der Waals surface area contributed by atoms with Gasteiger partial charge in [-0.15, -0.1) is 0 Å². The molecule has 110 valence electrons. The summed E-state index contributed by atoms with van der Waals surface area (Å²) in [7, 11) is 0. The van der Waals surface area contributed by atoms with Gasteiger partial charge in [0.2, 0.25) is 0 Å². The standard InChI is InChI=1S/C16H16FNO3/c1-2-18(10-9-15(19)20)16(21)13-7-8-14(17)12-6-4-3-5-11(12)13/h3-8H,2,9-10H2,1H3,(H,19,20). The van der Waals surface area contributed by atoms with Crippen LogP contribution < -0.4 is 0 Å². The van der Waals surface area contributed by atoms with Crippen LogP contribution in [0.2, 0.25) is 0 Å². The quantitative estimate of drug-likeness (QED) is 0.920. The number of carboxylic acid groups (broad SMARTS) is 1. The highest BCUT2D eigenvalue weighted by Crippen LogP contribution is 2.23. The molecule has 21 heavy (non-hydrogen) atoms. The smallest absolute Gasteiger partial charge is 0.305 e. The molecular weight excluding hydrogens is 273 g/mol. The Labute approximate surface area is 121 Å². The molecule has 2 aromatic carbocycles. The predicted molar refractivity (Wildman–Crippen MR) is 77.7 cm³/mol. The Bertz CT molecular complexity index is 684. The maximum atomic E-state index is 13.8. The number of nitrogens with zero attached hydrogens (tertiary/aromatic N) is 1. The second kappa shape index (κ2) is 6.35. The van der Waals surface area contributed by atoms with E-state index in [-0.39, 0.29) is 24.7 Å². The van der Waals surface area contributed by atoms with Gasteiger partial charge in [-0.25, -0.2) is 4.39 Å². The highest BCUT2D eigenvalue weighted by Gasteiger charge is 2.18. The van der Waals surface area contributed by atoms with Crippen molar-refractivity contribution >= 4 is 22.6 Å². The first-order chi connectivity index (χ1) is 10.0. The van der Waals surface area contributed by atoms with E-state index in [1.807, 2.05) is 0 Å². The van der Waals surface area contributed by atoms with E-state index >= 15 is 0 Å². The SMILES string of the molecule is CCN(CCC(=O)O)C(=O)c1ccc(F)c2ccccc12. The lowest BCUT2D eigenvalue weighted by molar-refractivity contribution is -0.137. The number of benzene rings is 2. The number of carbonyl (C=O) groups excluding carboxylic acids is 1. The van der Waals surface area contributed by atoms with Crippen molar-refractivity contribution in [3.63, 3.8) is 0 Å². The Morgan fingerprint density at radius 2 is 1.81 bits per heavy atom. The summed E-state index contributed by atoms with van der Waals surface area (Å²) < 4.78 is 13.8. The van der Waals surface area contributed by atoms with Crippen LogP contribution >= 0.6 is 0 Å². The average Bonchev–Trinajstić information content (AvgIpc) is 2.48. The fraction of sp³-hybridized carbons (Fsp3) is 0.250. The minimum absolute atomic E-state index is 0.112. The second-order valence-electron chi connectivity index (χ2n) is 4.67. The first kappa shape index (κ1) is 15.0.